The zero-order valence-electron chi connectivity index (χ0n) is 10.2. The van der Waals surface area contributed by atoms with E-state index >= 15 is 0 Å². The van der Waals surface area contributed by atoms with Crippen molar-refractivity contribution in [1.82, 2.24) is 0 Å². The zero-order valence-corrected chi connectivity index (χ0v) is 10.2. The van der Waals surface area contributed by atoms with Crippen molar-refractivity contribution in [1.29, 1.82) is 0 Å². The molecular formula is C13H14N2O4. The maximum atomic E-state index is 11.9. The highest BCUT2D eigenvalue weighted by atomic mass is 16.6. The van der Waals surface area contributed by atoms with Crippen LogP contribution in [0, 0.1) is 27.9 Å². The molecule has 19 heavy (non-hydrogen) atoms. The van der Waals surface area contributed by atoms with Gasteiger partial charge in [-0.25, -0.2) is 0 Å². The largest absolute Gasteiger partial charge is 0.502 e. The van der Waals surface area contributed by atoms with Crippen LogP contribution in [0.2, 0.25) is 0 Å². The van der Waals surface area contributed by atoms with E-state index in [9.17, 15) is 20.0 Å². The summed E-state index contributed by atoms with van der Waals surface area (Å²) in [5, 5.41) is 22.7. The van der Waals surface area contributed by atoms with Gasteiger partial charge in [-0.3, -0.25) is 14.9 Å². The van der Waals surface area contributed by atoms with Gasteiger partial charge in [-0.1, -0.05) is 0 Å². The Morgan fingerprint density at radius 3 is 2.79 bits per heavy atom. The minimum absolute atomic E-state index is 0.0559. The van der Waals surface area contributed by atoms with Crippen molar-refractivity contribution >= 4 is 17.3 Å². The van der Waals surface area contributed by atoms with Crippen molar-refractivity contribution in [2.75, 3.05) is 5.32 Å². The Bertz CT molecular complexity index is 554. The van der Waals surface area contributed by atoms with Crippen molar-refractivity contribution < 1.29 is 14.8 Å². The number of phenols is 1. The number of nitrogens with one attached hydrogen (secondary N) is 1. The first-order chi connectivity index (χ1) is 9.06. The van der Waals surface area contributed by atoms with E-state index in [1.165, 1.54) is 31.0 Å². The van der Waals surface area contributed by atoms with E-state index < -0.39 is 16.4 Å². The van der Waals surface area contributed by atoms with Gasteiger partial charge < -0.3 is 10.4 Å². The van der Waals surface area contributed by atoms with Gasteiger partial charge in [0.1, 0.15) is 0 Å². The molecule has 2 saturated carbocycles. The average molecular weight is 262 g/mol. The predicted octanol–water partition coefficient (Wildman–Crippen LogP) is 2.29. The fraction of sp³-hybridized carbons (Fsp3) is 0.462. The molecule has 1 aromatic carbocycles. The van der Waals surface area contributed by atoms with Crippen LogP contribution in [0.25, 0.3) is 0 Å². The first kappa shape index (κ1) is 12.0. The molecule has 0 saturated heterocycles. The number of nitro groups is 1. The molecule has 6 heteroatoms. The van der Waals surface area contributed by atoms with Gasteiger partial charge in [0.25, 0.3) is 0 Å². The second-order valence-electron chi connectivity index (χ2n) is 5.29. The number of aromatic hydroxyl groups is 1. The highest BCUT2D eigenvalue weighted by Gasteiger charge is 2.51. The van der Waals surface area contributed by atoms with E-state index in [0.29, 0.717) is 17.5 Å². The summed E-state index contributed by atoms with van der Waals surface area (Å²) in [7, 11) is 0. The number of amides is 1. The number of rotatable bonds is 4. The van der Waals surface area contributed by atoms with Gasteiger partial charge in [-0.2, -0.15) is 0 Å². The lowest BCUT2D eigenvalue weighted by Gasteiger charge is -2.05. The number of hydrogen-bond acceptors (Lipinski definition) is 4. The number of benzene rings is 1. The maximum Gasteiger partial charge on any atom is 0.312 e. The smallest absolute Gasteiger partial charge is 0.312 e. The molecule has 6 nitrogen and oxygen atoms in total. The predicted molar refractivity (Wildman–Crippen MR) is 67.7 cm³/mol. The Kier molecular flexibility index (Phi) is 2.66. The van der Waals surface area contributed by atoms with Gasteiger partial charge in [-0.05, 0) is 43.2 Å². The number of anilines is 1. The monoisotopic (exact) mass is 262 g/mol. The Balaban J connectivity index is 1.68. The Morgan fingerprint density at radius 1 is 1.42 bits per heavy atom. The molecule has 2 aliphatic carbocycles. The topological polar surface area (TPSA) is 92.5 Å². The number of carbonyl (C=O) groups excluding carboxylic acids is 1. The lowest BCUT2D eigenvalue weighted by Crippen LogP contribution is -2.15. The molecule has 0 unspecified atom stereocenters. The van der Waals surface area contributed by atoms with Crippen LogP contribution in [0.3, 0.4) is 0 Å². The Morgan fingerprint density at radius 2 is 2.16 bits per heavy atom. The number of phenolic OH excluding ortho intramolecular Hbond substituents is 1. The molecule has 1 aromatic rings. The van der Waals surface area contributed by atoms with E-state index in [4.69, 9.17) is 0 Å². The first-order valence-electron chi connectivity index (χ1n) is 6.34. The molecule has 0 heterocycles. The molecular weight excluding hydrogens is 248 g/mol. The summed E-state index contributed by atoms with van der Waals surface area (Å²) in [6.07, 6.45) is 3.37. The fourth-order valence-corrected chi connectivity index (χ4v) is 2.54. The molecule has 3 rings (SSSR count). The fourth-order valence-electron chi connectivity index (χ4n) is 2.54. The van der Waals surface area contributed by atoms with Crippen LogP contribution in [0.4, 0.5) is 11.4 Å². The highest BCUT2D eigenvalue weighted by Crippen LogP contribution is 2.54. The van der Waals surface area contributed by atoms with Gasteiger partial charge in [0, 0.05) is 17.7 Å². The summed E-state index contributed by atoms with van der Waals surface area (Å²) in [5.41, 5.74) is -0.0386. The van der Waals surface area contributed by atoms with Crippen molar-refractivity contribution in [3.63, 3.8) is 0 Å². The van der Waals surface area contributed by atoms with Crippen LogP contribution in [0.5, 0.6) is 5.75 Å². The zero-order chi connectivity index (χ0) is 13.6. The van der Waals surface area contributed by atoms with Crippen LogP contribution < -0.4 is 5.32 Å². The highest BCUT2D eigenvalue weighted by molar-refractivity contribution is 5.94. The van der Waals surface area contributed by atoms with Crippen LogP contribution in [0.15, 0.2) is 18.2 Å². The second kappa shape index (κ2) is 4.22. The minimum atomic E-state index is -0.672. The van der Waals surface area contributed by atoms with Crippen LogP contribution in [0.1, 0.15) is 19.3 Å². The van der Waals surface area contributed by atoms with E-state index in [1.54, 1.807) is 0 Å². The molecule has 2 aliphatic rings. The van der Waals surface area contributed by atoms with Gasteiger partial charge in [0.2, 0.25) is 5.91 Å². The van der Waals surface area contributed by atoms with Crippen LogP contribution in [-0.4, -0.2) is 15.9 Å². The van der Waals surface area contributed by atoms with E-state index in [1.807, 2.05) is 0 Å². The lowest BCUT2D eigenvalue weighted by molar-refractivity contribution is -0.385. The van der Waals surface area contributed by atoms with Gasteiger partial charge in [0.05, 0.1) is 4.92 Å². The van der Waals surface area contributed by atoms with Gasteiger partial charge >= 0.3 is 5.69 Å². The molecule has 2 fully saturated rings. The second-order valence-corrected chi connectivity index (χ2v) is 5.29. The third-order valence-corrected chi connectivity index (χ3v) is 3.84. The summed E-state index contributed by atoms with van der Waals surface area (Å²) in [6.45, 7) is 0. The minimum Gasteiger partial charge on any atom is -0.502 e. The maximum absolute atomic E-state index is 11.9. The van der Waals surface area contributed by atoms with E-state index in [-0.39, 0.29) is 11.8 Å². The third-order valence-electron chi connectivity index (χ3n) is 3.84. The van der Waals surface area contributed by atoms with E-state index in [0.717, 1.165) is 6.42 Å². The van der Waals surface area contributed by atoms with Crippen LogP contribution in [-0.2, 0) is 4.79 Å². The van der Waals surface area contributed by atoms with Crippen molar-refractivity contribution in [3.05, 3.63) is 28.3 Å². The lowest BCUT2D eigenvalue weighted by atomic mass is 10.2. The number of nitro benzene ring substituents is 1. The number of nitrogens with zero attached hydrogens (tertiary/aromatic N) is 1. The molecule has 100 valence electrons. The van der Waals surface area contributed by atoms with Crippen LogP contribution >= 0.6 is 0 Å². The number of carbonyl (C=O) groups is 1. The molecule has 0 spiro atoms. The molecule has 0 aromatic heterocycles. The summed E-state index contributed by atoms with van der Waals surface area (Å²) >= 11 is 0. The first-order valence-corrected chi connectivity index (χ1v) is 6.34. The summed E-state index contributed by atoms with van der Waals surface area (Å²) in [4.78, 5) is 22.0. The average Bonchev–Trinajstić information content (AvgIpc) is 3.23. The summed E-state index contributed by atoms with van der Waals surface area (Å²) in [5.74, 6) is 0.805. The molecule has 0 bridgehead atoms. The summed E-state index contributed by atoms with van der Waals surface area (Å²) < 4.78 is 0. The summed E-state index contributed by atoms with van der Waals surface area (Å²) in [6, 6.07) is 3.87. The number of hydrogen-bond donors (Lipinski definition) is 2. The van der Waals surface area contributed by atoms with Crippen molar-refractivity contribution in [2.24, 2.45) is 17.8 Å². The van der Waals surface area contributed by atoms with Crippen molar-refractivity contribution in [3.8, 4) is 5.75 Å². The molecule has 2 N–H and O–H groups in total. The van der Waals surface area contributed by atoms with Crippen molar-refractivity contribution in [2.45, 2.75) is 19.3 Å². The third kappa shape index (κ3) is 2.38. The molecule has 1 amide bonds. The van der Waals surface area contributed by atoms with E-state index in [2.05, 4.69) is 5.32 Å². The van der Waals surface area contributed by atoms with Gasteiger partial charge in [0.15, 0.2) is 5.75 Å². The SMILES string of the molecule is O=C(Nc1ccc(O)c([N+](=O)[O-])c1)[C@@H]1C[C@@H]1C1CC1. The Hall–Kier alpha value is -2.11. The molecule has 0 aliphatic heterocycles. The standard InChI is InChI=1S/C13H14N2O4/c16-12-4-3-8(5-11(12)15(18)19)14-13(17)10-6-9(10)7-1-2-7/h3-5,7,9-10,16H,1-2,6H2,(H,14,17)/t9-,10-/m1/s1. The quantitative estimate of drug-likeness (QED) is 0.494. The normalized spacial score (nSPS) is 24.8. The molecule has 0 radical (unpaired) electrons. The molecule has 2 atom stereocenters. The van der Waals surface area contributed by atoms with Gasteiger partial charge in [-0.15, -0.1) is 0 Å². The Labute approximate surface area is 109 Å².